The molecule has 0 saturated carbocycles. The molecule has 1 unspecified atom stereocenters. The number of benzene rings is 1. The van der Waals surface area contributed by atoms with Gasteiger partial charge in [-0.3, -0.25) is 4.68 Å². The van der Waals surface area contributed by atoms with E-state index >= 15 is 0 Å². The van der Waals surface area contributed by atoms with Crippen LogP contribution in [0.5, 0.6) is 5.75 Å². The second kappa shape index (κ2) is 6.98. The molecule has 0 spiro atoms. The van der Waals surface area contributed by atoms with Crippen LogP contribution >= 0.6 is 0 Å². The van der Waals surface area contributed by atoms with Crippen LogP contribution < -0.4 is 10.5 Å². The molecule has 2 N–H and O–H groups in total. The summed E-state index contributed by atoms with van der Waals surface area (Å²) in [6.07, 6.45) is 5.87. The summed E-state index contributed by atoms with van der Waals surface area (Å²) in [7, 11) is 0. The van der Waals surface area contributed by atoms with Crippen LogP contribution in [0.2, 0.25) is 0 Å². The number of pyridine rings is 1. The first-order chi connectivity index (χ1) is 14.5. The summed E-state index contributed by atoms with van der Waals surface area (Å²) in [6.45, 7) is 6.88. The molecular formula is C22H23N7O. The summed E-state index contributed by atoms with van der Waals surface area (Å²) in [6, 6.07) is 8.20. The Morgan fingerprint density at radius 3 is 2.90 bits per heavy atom. The summed E-state index contributed by atoms with van der Waals surface area (Å²) in [5, 5.41) is 13.2. The molecule has 0 fully saturated rings. The molecule has 152 valence electrons. The highest BCUT2D eigenvalue weighted by Gasteiger charge is 2.22. The summed E-state index contributed by atoms with van der Waals surface area (Å²) < 4.78 is 10.2. The Morgan fingerprint density at radius 2 is 2.07 bits per heavy atom. The summed E-state index contributed by atoms with van der Waals surface area (Å²) >= 11 is 0. The van der Waals surface area contributed by atoms with Crippen molar-refractivity contribution < 1.29 is 4.74 Å². The van der Waals surface area contributed by atoms with E-state index in [1.165, 1.54) is 0 Å². The van der Waals surface area contributed by atoms with E-state index in [1.807, 2.05) is 28.6 Å². The van der Waals surface area contributed by atoms with Crippen LogP contribution in [0.25, 0.3) is 16.9 Å². The Balaban J connectivity index is 1.79. The van der Waals surface area contributed by atoms with Crippen LogP contribution in [0, 0.1) is 6.92 Å². The van der Waals surface area contributed by atoms with Gasteiger partial charge < -0.3 is 10.5 Å². The minimum atomic E-state index is -0.258. The first-order valence-corrected chi connectivity index (χ1v) is 10.0. The third-order valence-corrected chi connectivity index (χ3v) is 5.51. The average Bonchev–Trinajstić information content (AvgIpc) is 3.36. The molecule has 30 heavy (non-hydrogen) atoms. The van der Waals surface area contributed by atoms with Crippen LogP contribution in [-0.2, 0) is 13.0 Å². The average molecular weight is 401 g/mol. The first-order valence-electron chi connectivity index (χ1n) is 10.0. The topological polar surface area (TPSA) is 96.7 Å². The van der Waals surface area contributed by atoms with Gasteiger partial charge in [-0.05, 0) is 32.9 Å². The second-order valence-corrected chi connectivity index (χ2v) is 7.58. The number of nitrogens with zero attached hydrogens (tertiary/aromatic N) is 6. The fraction of sp³-hybridized carbons (Fsp3) is 0.273. The van der Waals surface area contributed by atoms with E-state index in [0.29, 0.717) is 18.0 Å². The fourth-order valence-corrected chi connectivity index (χ4v) is 4.03. The number of nitrogens with two attached hydrogens (primary N) is 1. The zero-order chi connectivity index (χ0) is 20.8. The number of hydrogen-bond donors (Lipinski definition) is 1. The van der Waals surface area contributed by atoms with E-state index in [2.05, 4.69) is 52.4 Å². The van der Waals surface area contributed by atoms with Crippen molar-refractivity contribution in [2.45, 2.75) is 39.8 Å². The quantitative estimate of drug-likeness (QED) is 0.524. The van der Waals surface area contributed by atoms with Gasteiger partial charge in [0, 0.05) is 35.9 Å². The number of aryl methyl sites for hydroxylation is 2. The van der Waals surface area contributed by atoms with Gasteiger partial charge in [0.25, 0.3) is 0 Å². The monoisotopic (exact) mass is 401 g/mol. The molecule has 3 aromatic heterocycles. The smallest absolute Gasteiger partial charge is 0.166 e. The van der Waals surface area contributed by atoms with E-state index in [1.54, 1.807) is 12.4 Å². The van der Waals surface area contributed by atoms with Crippen molar-refractivity contribution in [3.8, 4) is 22.7 Å². The summed E-state index contributed by atoms with van der Waals surface area (Å²) in [5.74, 6) is 0.920. The van der Waals surface area contributed by atoms with Crippen LogP contribution in [-0.4, -0.2) is 29.8 Å². The van der Waals surface area contributed by atoms with Crippen molar-refractivity contribution in [3.05, 3.63) is 65.2 Å². The zero-order valence-corrected chi connectivity index (χ0v) is 17.2. The maximum Gasteiger partial charge on any atom is 0.166 e. The molecule has 0 amide bonds. The Morgan fingerprint density at radius 1 is 1.20 bits per heavy atom. The van der Waals surface area contributed by atoms with Crippen molar-refractivity contribution in [1.82, 2.24) is 29.8 Å². The SMILES string of the molecule is CCn1ncc2c1-c1cnc(N)c(c1)OC(C)c1cc(C)ccc1-n1nncc1C2. The van der Waals surface area contributed by atoms with Gasteiger partial charge in [-0.25, -0.2) is 9.67 Å². The van der Waals surface area contributed by atoms with Crippen LogP contribution in [0.1, 0.15) is 42.3 Å². The molecule has 0 aliphatic carbocycles. The van der Waals surface area contributed by atoms with Gasteiger partial charge in [0.1, 0.15) is 6.10 Å². The third kappa shape index (κ3) is 2.92. The molecule has 4 aromatic rings. The molecule has 4 heterocycles. The van der Waals surface area contributed by atoms with E-state index < -0.39 is 0 Å². The highest BCUT2D eigenvalue weighted by molar-refractivity contribution is 5.67. The van der Waals surface area contributed by atoms with Gasteiger partial charge in [-0.1, -0.05) is 22.9 Å². The normalized spacial score (nSPS) is 15.2. The van der Waals surface area contributed by atoms with Crippen molar-refractivity contribution in [2.75, 3.05) is 5.73 Å². The van der Waals surface area contributed by atoms with Crippen LogP contribution in [0.15, 0.2) is 42.9 Å². The van der Waals surface area contributed by atoms with Crippen molar-refractivity contribution in [3.63, 3.8) is 0 Å². The van der Waals surface area contributed by atoms with Gasteiger partial charge in [-0.15, -0.1) is 5.10 Å². The Kier molecular flexibility index (Phi) is 4.27. The fourth-order valence-electron chi connectivity index (χ4n) is 4.03. The highest BCUT2D eigenvalue weighted by atomic mass is 16.5. The molecule has 5 rings (SSSR count). The zero-order valence-electron chi connectivity index (χ0n) is 17.2. The van der Waals surface area contributed by atoms with E-state index in [-0.39, 0.29) is 6.10 Å². The predicted molar refractivity (Wildman–Crippen MR) is 113 cm³/mol. The summed E-state index contributed by atoms with van der Waals surface area (Å²) in [5.41, 5.74) is 13.2. The van der Waals surface area contributed by atoms with Crippen molar-refractivity contribution >= 4 is 5.82 Å². The first kappa shape index (κ1) is 18.4. The lowest BCUT2D eigenvalue weighted by molar-refractivity contribution is 0.227. The van der Waals surface area contributed by atoms with Crippen molar-refractivity contribution in [1.29, 1.82) is 0 Å². The lowest BCUT2D eigenvalue weighted by Crippen LogP contribution is -2.13. The lowest BCUT2D eigenvalue weighted by Gasteiger charge is -2.22. The maximum atomic E-state index is 6.32. The molecule has 8 heteroatoms. The molecule has 0 saturated heterocycles. The molecule has 1 atom stereocenters. The van der Waals surface area contributed by atoms with E-state index in [0.717, 1.165) is 45.9 Å². The molecule has 0 radical (unpaired) electrons. The minimum absolute atomic E-state index is 0.258. The third-order valence-electron chi connectivity index (χ3n) is 5.51. The predicted octanol–water partition coefficient (Wildman–Crippen LogP) is 3.48. The van der Waals surface area contributed by atoms with E-state index in [4.69, 9.17) is 10.5 Å². The van der Waals surface area contributed by atoms with Gasteiger partial charge in [0.2, 0.25) is 0 Å². The largest absolute Gasteiger partial charge is 0.482 e. The standard InChI is InChI=1S/C22H23N7O/c1-4-28-21-15(11-26-28)8-17-12-25-27-29(17)19-6-5-13(2)7-18(19)14(3)30-20-9-16(21)10-24-22(20)23/h5-7,9-12,14H,4,8H2,1-3H3,(H2,23,24). The number of fused-ring (bicyclic) bond motifs is 7. The van der Waals surface area contributed by atoms with E-state index in [9.17, 15) is 0 Å². The molecule has 2 bridgehead atoms. The Labute approximate surface area is 174 Å². The molecule has 8 nitrogen and oxygen atoms in total. The second-order valence-electron chi connectivity index (χ2n) is 7.58. The number of anilines is 1. The Bertz CT molecular complexity index is 1240. The van der Waals surface area contributed by atoms with Gasteiger partial charge >= 0.3 is 0 Å². The van der Waals surface area contributed by atoms with Crippen molar-refractivity contribution in [2.24, 2.45) is 0 Å². The number of aromatic nitrogens is 6. The maximum absolute atomic E-state index is 6.32. The minimum Gasteiger partial charge on any atom is -0.482 e. The number of rotatable bonds is 1. The Hall–Kier alpha value is -3.68. The van der Waals surface area contributed by atoms with Gasteiger partial charge in [0.15, 0.2) is 11.6 Å². The number of hydrogen-bond acceptors (Lipinski definition) is 6. The van der Waals surface area contributed by atoms with Crippen LogP contribution in [0.4, 0.5) is 5.82 Å². The molecule has 1 aliphatic rings. The molecule has 1 aromatic carbocycles. The number of nitrogen functional groups attached to an aromatic ring is 1. The van der Waals surface area contributed by atoms with Crippen LogP contribution in [0.3, 0.4) is 0 Å². The van der Waals surface area contributed by atoms with Gasteiger partial charge in [0.05, 0.1) is 29.5 Å². The summed E-state index contributed by atoms with van der Waals surface area (Å²) in [4.78, 5) is 4.41. The highest BCUT2D eigenvalue weighted by Crippen LogP contribution is 2.35. The molecule has 1 aliphatic heterocycles. The molecular weight excluding hydrogens is 378 g/mol. The lowest BCUT2D eigenvalue weighted by atomic mass is 10.0. The number of ether oxygens (including phenoxy) is 1. The van der Waals surface area contributed by atoms with Gasteiger partial charge in [-0.2, -0.15) is 5.10 Å².